The summed E-state index contributed by atoms with van der Waals surface area (Å²) < 4.78 is 6.09. The zero-order valence-corrected chi connectivity index (χ0v) is 17.8. The highest BCUT2D eigenvalue weighted by Gasteiger charge is 2.23. The fraction of sp³-hybridized carbons (Fsp3) is 0.0370. The van der Waals surface area contributed by atoms with Crippen molar-refractivity contribution in [3.63, 3.8) is 0 Å². The number of nitrogens with zero attached hydrogens (tertiary/aromatic N) is 2. The molecular formula is C27H18ClN3O. The van der Waals surface area contributed by atoms with E-state index in [0.29, 0.717) is 5.02 Å². The smallest absolute Gasteiger partial charge is 0.169 e. The standard InChI is InChI=1S/C27H18ClN3O/c28-19-14-15-20-23(16-19)32-22-13-7-12-21(24(20)22)27-30-25(17-8-3-1-4-9-17)29-26(31-27)18-10-5-2-6-11-18/h1-16,25H,(H,29,30,31). The summed E-state index contributed by atoms with van der Waals surface area (Å²) in [5.41, 5.74) is 4.57. The summed E-state index contributed by atoms with van der Waals surface area (Å²) in [5.74, 6) is 1.55. The van der Waals surface area contributed by atoms with E-state index >= 15 is 0 Å². The maximum Gasteiger partial charge on any atom is 0.169 e. The molecule has 1 N–H and O–H groups in total. The second-order valence-corrected chi connectivity index (χ2v) is 8.09. The number of fused-ring (bicyclic) bond motifs is 3. The molecule has 0 fully saturated rings. The zero-order chi connectivity index (χ0) is 21.5. The molecule has 0 aliphatic carbocycles. The Hall–Kier alpha value is -3.89. The number of aliphatic imine (C=N–C) groups is 2. The van der Waals surface area contributed by atoms with E-state index in [9.17, 15) is 0 Å². The molecule has 1 aromatic heterocycles. The van der Waals surface area contributed by atoms with Crippen molar-refractivity contribution in [2.45, 2.75) is 6.17 Å². The van der Waals surface area contributed by atoms with Gasteiger partial charge in [0.25, 0.3) is 0 Å². The minimum atomic E-state index is -0.342. The number of benzene rings is 4. The molecule has 5 heteroatoms. The minimum absolute atomic E-state index is 0.342. The summed E-state index contributed by atoms with van der Waals surface area (Å²) in [6, 6.07) is 32.0. The number of hydrogen-bond donors (Lipinski definition) is 1. The van der Waals surface area contributed by atoms with E-state index in [1.807, 2.05) is 78.9 Å². The van der Waals surface area contributed by atoms with E-state index in [2.05, 4.69) is 23.5 Å². The predicted octanol–water partition coefficient (Wildman–Crippen LogP) is 6.73. The SMILES string of the molecule is Clc1ccc2c(c1)oc1cccc(C3=NC(c4ccccc4)N=C(c4ccccc4)N3)c12. The van der Waals surface area contributed by atoms with Crippen molar-refractivity contribution in [3.05, 3.63) is 119 Å². The van der Waals surface area contributed by atoms with Crippen molar-refractivity contribution in [1.29, 1.82) is 0 Å². The van der Waals surface area contributed by atoms with Gasteiger partial charge in [-0.05, 0) is 23.8 Å². The van der Waals surface area contributed by atoms with Crippen LogP contribution < -0.4 is 5.32 Å². The van der Waals surface area contributed by atoms with Gasteiger partial charge in [0.05, 0.1) is 0 Å². The van der Waals surface area contributed by atoms with E-state index in [1.54, 1.807) is 0 Å². The fourth-order valence-corrected chi connectivity index (χ4v) is 4.26. The van der Waals surface area contributed by atoms with Crippen molar-refractivity contribution in [2.24, 2.45) is 9.98 Å². The summed E-state index contributed by atoms with van der Waals surface area (Å²) in [6.07, 6.45) is -0.342. The maximum atomic E-state index is 6.20. The maximum absolute atomic E-state index is 6.20. The van der Waals surface area contributed by atoms with Gasteiger partial charge in [-0.2, -0.15) is 0 Å². The number of hydrogen-bond acceptors (Lipinski definition) is 4. The van der Waals surface area contributed by atoms with Crippen molar-refractivity contribution in [1.82, 2.24) is 5.32 Å². The third-order valence-corrected chi connectivity index (χ3v) is 5.83. The molecule has 5 aromatic rings. The van der Waals surface area contributed by atoms with E-state index in [1.165, 1.54) is 0 Å². The average Bonchev–Trinajstić information content (AvgIpc) is 3.22. The van der Waals surface area contributed by atoms with Gasteiger partial charge in [-0.25, -0.2) is 9.98 Å². The van der Waals surface area contributed by atoms with Crippen LogP contribution in [0.5, 0.6) is 0 Å². The third kappa shape index (κ3) is 3.26. The van der Waals surface area contributed by atoms with E-state index in [0.717, 1.165) is 50.3 Å². The van der Waals surface area contributed by atoms with Gasteiger partial charge >= 0.3 is 0 Å². The molecule has 32 heavy (non-hydrogen) atoms. The highest BCUT2D eigenvalue weighted by Crippen LogP contribution is 2.34. The number of rotatable bonds is 3. The van der Waals surface area contributed by atoms with E-state index < -0.39 is 0 Å². The largest absolute Gasteiger partial charge is 0.456 e. The van der Waals surface area contributed by atoms with Gasteiger partial charge in [0.1, 0.15) is 22.8 Å². The van der Waals surface area contributed by atoms with E-state index in [-0.39, 0.29) is 6.17 Å². The average molecular weight is 436 g/mol. The van der Waals surface area contributed by atoms with Crippen molar-refractivity contribution < 1.29 is 4.42 Å². The van der Waals surface area contributed by atoms with Gasteiger partial charge < -0.3 is 9.73 Å². The van der Waals surface area contributed by atoms with Gasteiger partial charge in [-0.3, -0.25) is 0 Å². The molecule has 2 heterocycles. The fourth-order valence-electron chi connectivity index (χ4n) is 4.10. The Morgan fingerprint density at radius 3 is 2.28 bits per heavy atom. The Labute approximate surface area is 189 Å². The first-order chi connectivity index (χ1) is 15.8. The second kappa shape index (κ2) is 7.66. The highest BCUT2D eigenvalue weighted by atomic mass is 35.5. The molecule has 1 atom stereocenters. The van der Waals surface area contributed by atoms with Crippen LogP contribution in [-0.2, 0) is 0 Å². The van der Waals surface area contributed by atoms with Crippen LogP contribution in [0.3, 0.4) is 0 Å². The Bertz CT molecular complexity index is 1500. The third-order valence-electron chi connectivity index (χ3n) is 5.60. The molecule has 0 amide bonds. The monoisotopic (exact) mass is 435 g/mol. The second-order valence-electron chi connectivity index (χ2n) is 7.65. The number of furan rings is 1. The lowest BCUT2D eigenvalue weighted by Crippen LogP contribution is -2.36. The summed E-state index contributed by atoms with van der Waals surface area (Å²) in [5, 5.41) is 6.13. The van der Waals surface area contributed by atoms with E-state index in [4.69, 9.17) is 26.0 Å². The van der Waals surface area contributed by atoms with Crippen LogP contribution in [0.2, 0.25) is 5.02 Å². The van der Waals surface area contributed by atoms with Crippen LogP contribution in [0.25, 0.3) is 21.9 Å². The summed E-state index contributed by atoms with van der Waals surface area (Å²) in [4.78, 5) is 9.92. The zero-order valence-electron chi connectivity index (χ0n) is 17.0. The van der Waals surface area contributed by atoms with Crippen molar-refractivity contribution >= 4 is 45.2 Å². The molecule has 154 valence electrons. The van der Waals surface area contributed by atoms with Crippen LogP contribution in [0, 0.1) is 0 Å². The van der Waals surface area contributed by atoms with Crippen molar-refractivity contribution in [2.75, 3.05) is 0 Å². The summed E-state index contributed by atoms with van der Waals surface area (Å²) in [7, 11) is 0. The summed E-state index contributed by atoms with van der Waals surface area (Å²) >= 11 is 6.20. The van der Waals surface area contributed by atoms with Crippen LogP contribution in [-0.4, -0.2) is 11.7 Å². The summed E-state index contributed by atoms with van der Waals surface area (Å²) in [6.45, 7) is 0. The lowest BCUT2D eigenvalue weighted by molar-refractivity contribution is 0.669. The number of amidine groups is 2. The lowest BCUT2D eigenvalue weighted by atomic mass is 10.0. The van der Waals surface area contributed by atoms with Gasteiger partial charge in [-0.1, -0.05) is 84.4 Å². The first-order valence-electron chi connectivity index (χ1n) is 10.4. The molecule has 1 aliphatic heterocycles. The van der Waals surface area contributed by atoms with Crippen LogP contribution >= 0.6 is 11.6 Å². The first-order valence-corrected chi connectivity index (χ1v) is 10.8. The number of halogens is 1. The van der Waals surface area contributed by atoms with Gasteiger partial charge in [-0.15, -0.1) is 0 Å². The molecule has 0 spiro atoms. The molecule has 0 saturated carbocycles. The normalized spacial score (nSPS) is 16.0. The molecule has 0 radical (unpaired) electrons. The Balaban J connectivity index is 1.55. The quantitative estimate of drug-likeness (QED) is 0.341. The topological polar surface area (TPSA) is 49.9 Å². The Morgan fingerprint density at radius 1 is 0.719 bits per heavy atom. The molecule has 0 bridgehead atoms. The van der Waals surface area contributed by atoms with Gasteiger partial charge in [0.15, 0.2) is 6.17 Å². The first kappa shape index (κ1) is 18.8. The van der Waals surface area contributed by atoms with Crippen LogP contribution in [0.4, 0.5) is 0 Å². The highest BCUT2D eigenvalue weighted by molar-refractivity contribution is 6.32. The lowest BCUT2D eigenvalue weighted by Gasteiger charge is -2.22. The molecule has 4 nitrogen and oxygen atoms in total. The molecule has 1 aliphatic rings. The van der Waals surface area contributed by atoms with Crippen LogP contribution in [0.15, 0.2) is 111 Å². The Kier molecular flexibility index (Phi) is 4.51. The predicted molar refractivity (Wildman–Crippen MR) is 131 cm³/mol. The van der Waals surface area contributed by atoms with Gasteiger partial charge in [0.2, 0.25) is 0 Å². The molecule has 6 rings (SSSR count). The van der Waals surface area contributed by atoms with Gasteiger partial charge in [0, 0.05) is 33.0 Å². The van der Waals surface area contributed by atoms with Crippen molar-refractivity contribution in [3.8, 4) is 0 Å². The molecule has 4 aromatic carbocycles. The van der Waals surface area contributed by atoms with Crippen LogP contribution in [0.1, 0.15) is 22.9 Å². The Morgan fingerprint density at radius 2 is 1.47 bits per heavy atom. The molecule has 0 saturated heterocycles. The molecular weight excluding hydrogens is 418 g/mol. The molecule has 1 unspecified atom stereocenters. The number of nitrogens with one attached hydrogen (secondary N) is 1. The minimum Gasteiger partial charge on any atom is -0.456 e.